The van der Waals surface area contributed by atoms with E-state index in [-0.39, 0.29) is 12.3 Å². The molecule has 0 aliphatic carbocycles. The molecular formula is C22H31N5O5. The number of aliphatic carboxylic acids is 1. The Labute approximate surface area is 186 Å². The van der Waals surface area contributed by atoms with Crippen molar-refractivity contribution in [2.45, 2.75) is 51.7 Å². The fourth-order valence-electron chi connectivity index (χ4n) is 3.29. The predicted molar refractivity (Wildman–Crippen MR) is 120 cm³/mol. The van der Waals surface area contributed by atoms with Crippen molar-refractivity contribution in [3.63, 3.8) is 0 Å². The number of fused-ring (bicyclic) bond motifs is 1. The van der Waals surface area contributed by atoms with Gasteiger partial charge in [-0.3, -0.25) is 19.2 Å². The molecular weight excluding hydrogens is 414 g/mol. The van der Waals surface area contributed by atoms with Crippen molar-refractivity contribution in [1.29, 1.82) is 0 Å². The van der Waals surface area contributed by atoms with Crippen molar-refractivity contribution in [2.75, 3.05) is 6.54 Å². The summed E-state index contributed by atoms with van der Waals surface area (Å²) in [5.74, 6) is -2.78. The van der Waals surface area contributed by atoms with Gasteiger partial charge in [0.2, 0.25) is 17.7 Å². The van der Waals surface area contributed by atoms with Gasteiger partial charge < -0.3 is 31.8 Å². The molecule has 2 rings (SSSR count). The first kappa shape index (κ1) is 24.9. The fourth-order valence-corrected chi connectivity index (χ4v) is 3.29. The minimum Gasteiger partial charge on any atom is -0.480 e. The molecule has 0 aliphatic heterocycles. The zero-order valence-electron chi connectivity index (χ0n) is 18.5. The quantitative estimate of drug-likeness (QED) is 0.290. The summed E-state index contributed by atoms with van der Waals surface area (Å²) in [7, 11) is 0. The second-order valence-electron chi connectivity index (χ2n) is 8.22. The summed E-state index contributed by atoms with van der Waals surface area (Å²) >= 11 is 0. The molecule has 10 nitrogen and oxygen atoms in total. The van der Waals surface area contributed by atoms with Crippen LogP contribution >= 0.6 is 0 Å². The maximum atomic E-state index is 13.1. The first-order valence-corrected chi connectivity index (χ1v) is 10.5. The molecule has 0 fully saturated rings. The molecule has 1 aromatic carbocycles. The van der Waals surface area contributed by atoms with Crippen LogP contribution in [0.2, 0.25) is 0 Å². The second kappa shape index (κ2) is 11.3. The highest BCUT2D eigenvalue weighted by Crippen LogP contribution is 2.19. The number of nitrogens with two attached hydrogens (primary N) is 1. The SMILES string of the molecule is CC(C)CC(NC(=O)C(Cc1c[nH]c2ccccc12)NC(=O)C(C)N)C(=O)NCC(=O)O. The summed E-state index contributed by atoms with van der Waals surface area (Å²) in [4.78, 5) is 51.8. The lowest BCUT2D eigenvalue weighted by molar-refractivity contribution is -0.138. The topological polar surface area (TPSA) is 166 Å². The Hall–Kier alpha value is -3.40. The van der Waals surface area contributed by atoms with Crippen molar-refractivity contribution in [2.24, 2.45) is 11.7 Å². The van der Waals surface area contributed by atoms with Gasteiger partial charge in [-0.15, -0.1) is 0 Å². The van der Waals surface area contributed by atoms with Gasteiger partial charge in [-0.05, 0) is 30.9 Å². The van der Waals surface area contributed by atoms with Crippen LogP contribution in [0, 0.1) is 5.92 Å². The average molecular weight is 446 g/mol. The molecule has 3 atom stereocenters. The molecule has 3 amide bonds. The second-order valence-corrected chi connectivity index (χ2v) is 8.22. The third-order valence-corrected chi connectivity index (χ3v) is 4.90. The number of aromatic nitrogens is 1. The number of amides is 3. The molecule has 0 saturated carbocycles. The van der Waals surface area contributed by atoms with E-state index < -0.39 is 48.4 Å². The highest BCUT2D eigenvalue weighted by Gasteiger charge is 2.29. The Morgan fingerprint density at radius 3 is 2.28 bits per heavy atom. The Morgan fingerprint density at radius 2 is 1.66 bits per heavy atom. The maximum Gasteiger partial charge on any atom is 0.322 e. The van der Waals surface area contributed by atoms with E-state index in [1.807, 2.05) is 38.1 Å². The molecule has 0 bridgehead atoms. The van der Waals surface area contributed by atoms with Crippen molar-refractivity contribution in [1.82, 2.24) is 20.9 Å². The lowest BCUT2D eigenvalue weighted by Crippen LogP contribution is -2.56. The summed E-state index contributed by atoms with van der Waals surface area (Å²) in [6.07, 6.45) is 2.26. The third kappa shape index (κ3) is 7.09. The van der Waals surface area contributed by atoms with E-state index in [0.29, 0.717) is 6.42 Å². The van der Waals surface area contributed by atoms with Crippen molar-refractivity contribution < 1.29 is 24.3 Å². The van der Waals surface area contributed by atoms with Crippen LogP contribution < -0.4 is 21.7 Å². The van der Waals surface area contributed by atoms with Gasteiger partial charge in [-0.2, -0.15) is 0 Å². The van der Waals surface area contributed by atoms with Gasteiger partial charge in [0.05, 0.1) is 6.04 Å². The summed E-state index contributed by atoms with van der Waals surface area (Å²) in [6, 6.07) is 4.83. The van der Waals surface area contributed by atoms with E-state index in [4.69, 9.17) is 10.8 Å². The summed E-state index contributed by atoms with van der Waals surface area (Å²) in [5, 5.41) is 17.3. The maximum absolute atomic E-state index is 13.1. The zero-order chi connectivity index (χ0) is 23.8. The molecule has 32 heavy (non-hydrogen) atoms. The Bertz CT molecular complexity index is 969. The number of hydrogen-bond donors (Lipinski definition) is 6. The van der Waals surface area contributed by atoms with Crippen molar-refractivity contribution in [3.8, 4) is 0 Å². The smallest absolute Gasteiger partial charge is 0.322 e. The number of carboxylic acid groups (broad SMARTS) is 1. The van der Waals surface area contributed by atoms with E-state index in [2.05, 4.69) is 20.9 Å². The lowest BCUT2D eigenvalue weighted by atomic mass is 10.0. The van der Waals surface area contributed by atoms with E-state index in [0.717, 1.165) is 16.5 Å². The van der Waals surface area contributed by atoms with Gasteiger partial charge in [-0.25, -0.2) is 0 Å². The standard InChI is InChI=1S/C22H31N5O5/c1-12(2)8-17(21(31)25-11-19(28)29)27-22(32)18(26-20(30)13(3)23)9-14-10-24-16-7-5-4-6-15(14)16/h4-7,10,12-13,17-18,24H,8-9,11,23H2,1-3H3,(H,25,31)(H,26,30)(H,27,32)(H,28,29). The van der Waals surface area contributed by atoms with Gasteiger partial charge in [0, 0.05) is 23.5 Å². The van der Waals surface area contributed by atoms with Gasteiger partial charge in [0.25, 0.3) is 0 Å². The Morgan fingerprint density at radius 1 is 1.00 bits per heavy atom. The zero-order valence-corrected chi connectivity index (χ0v) is 18.5. The molecule has 2 aromatic rings. The number of carboxylic acids is 1. The number of benzene rings is 1. The number of carbonyl (C=O) groups excluding carboxylic acids is 3. The monoisotopic (exact) mass is 445 g/mol. The molecule has 1 aromatic heterocycles. The van der Waals surface area contributed by atoms with Crippen LogP contribution in [0.5, 0.6) is 0 Å². The van der Waals surface area contributed by atoms with Crippen LogP contribution in [0.25, 0.3) is 10.9 Å². The normalized spacial score (nSPS) is 13.9. The molecule has 7 N–H and O–H groups in total. The van der Waals surface area contributed by atoms with E-state index in [1.54, 1.807) is 6.20 Å². The molecule has 10 heteroatoms. The molecule has 0 saturated heterocycles. The number of para-hydroxylation sites is 1. The Balaban J connectivity index is 2.23. The van der Waals surface area contributed by atoms with Crippen LogP contribution in [0.1, 0.15) is 32.8 Å². The van der Waals surface area contributed by atoms with E-state index in [9.17, 15) is 19.2 Å². The number of nitrogens with one attached hydrogen (secondary N) is 4. The first-order chi connectivity index (χ1) is 15.1. The van der Waals surface area contributed by atoms with Crippen molar-refractivity contribution in [3.05, 3.63) is 36.0 Å². The molecule has 3 unspecified atom stereocenters. The van der Waals surface area contributed by atoms with Crippen LogP contribution in [0.4, 0.5) is 0 Å². The minimum absolute atomic E-state index is 0.0570. The van der Waals surface area contributed by atoms with Crippen LogP contribution in [0.15, 0.2) is 30.5 Å². The first-order valence-electron chi connectivity index (χ1n) is 10.5. The van der Waals surface area contributed by atoms with E-state index >= 15 is 0 Å². The highest BCUT2D eigenvalue weighted by molar-refractivity contribution is 5.94. The van der Waals surface area contributed by atoms with E-state index in [1.165, 1.54) is 6.92 Å². The number of hydrogen-bond acceptors (Lipinski definition) is 5. The van der Waals surface area contributed by atoms with Crippen molar-refractivity contribution >= 4 is 34.6 Å². The van der Waals surface area contributed by atoms with Gasteiger partial charge in [-0.1, -0.05) is 32.0 Å². The minimum atomic E-state index is -1.19. The predicted octanol–water partition coefficient (Wildman–Crippen LogP) is 0.274. The fraction of sp³-hybridized carbons (Fsp3) is 0.455. The third-order valence-electron chi connectivity index (χ3n) is 4.90. The van der Waals surface area contributed by atoms with Crippen LogP contribution in [0.3, 0.4) is 0 Å². The van der Waals surface area contributed by atoms with Gasteiger partial charge in [0.1, 0.15) is 18.6 Å². The van der Waals surface area contributed by atoms with Crippen LogP contribution in [-0.2, 0) is 25.6 Å². The molecule has 174 valence electrons. The lowest BCUT2D eigenvalue weighted by Gasteiger charge is -2.24. The molecule has 1 heterocycles. The number of H-pyrrole nitrogens is 1. The average Bonchev–Trinajstić information content (AvgIpc) is 3.13. The summed E-state index contributed by atoms with van der Waals surface area (Å²) in [5.41, 5.74) is 7.38. The molecule has 0 radical (unpaired) electrons. The largest absolute Gasteiger partial charge is 0.480 e. The van der Waals surface area contributed by atoms with Gasteiger partial charge >= 0.3 is 5.97 Å². The summed E-state index contributed by atoms with van der Waals surface area (Å²) < 4.78 is 0. The summed E-state index contributed by atoms with van der Waals surface area (Å²) in [6.45, 7) is 4.72. The number of aromatic amines is 1. The number of rotatable bonds is 11. The number of carbonyl (C=O) groups is 4. The molecule has 0 aliphatic rings. The Kier molecular flexibility index (Phi) is 8.77. The van der Waals surface area contributed by atoms with Crippen LogP contribution in [-0.4, -0.2) is 58.5 Å². The molecule has 0 spiro atoms. The highest BCUT2D eigenvalue weighted by atomic mass is 16.4. The van der Waals surface area contributed by atoms with Gasteiger partial charge in [0.15, 0.2) is 0 Å².